The number of azo groups is 1. The van der Waals surface area contributed by atoms with Crippen molar-refractivity contribution in [3.63, 3.8) is 0 Å². The Morgan fingerprint density at radius 2 is 1.96 bits per heavy atom. The lowest BCUT2D eigenvalue weighted by Gasteiger charge is -2.21. The number of aliphatic hydroxyl groups is 1. The molecule has 0 spiro atoms. The fourth-order valence-corrected chi connectivity index (χ4v) is 3.41. The standard InChI is InChI=1S/C17H17ClN4OS/c1-2-22(9-10-23)14-6-4-13(5-7-14)20-21-17-19-15-8-3-12(18)11-16(15)24-17/h3-8,11,23H,2,9-10H2,1H3. The molecule has 0 saturated heterocycles. The maximum absolute atomic E-state index is 9.08. The second-order valence-corrected chi connectivity index (χ2v) is 6.57. The van der Waals surface area contributed by atoms with Crippen molar-refractivity contribution in [2.75, 3.05) is 24.6 Å². The van der Waals surface area contributed by atoms with Crippen LogP contribution in [0.3, 0.4) is 0 Å². The molecule has 24 heavy (non-hydrogen) atoms. The van der Waals surface area contributed by atoms with Crippen LogP contribution in [0.5, 0.6) is 0 Å². The van der Waals surface area contributed by atoms with Crippen LogP contribution in [-0.4, -0.2) is 29.8 Å². The number of hydrogen-bond acceptors (Lipinski definition) is 6. The van der Waals surface area contributed by atoms with E-state index in [1.54, 1.807) is 0 Å². The Labute approximate surface area is 149 Å². The van der Waals surface area contributed by atoms with Crippen molar-refractivity contribution >= 4 is 49.7 Å². The van der Waals surface area contributed by atoms with Crippen molar-refractivity contribution in [1.82, 2.24) is 4.98 Å². The fraction of sp³-hybridized carbons (Fsp3) is 0.235. The SMILES string of the molecule is CCN(CCO)c1ccc(N=Nc2nc3ccc(Cl)cc3s2)cc1. The van der Waals surface area contributed by atoms with Crippen LogP contribution >= 0.6 is 22.9 Å². The van der Waals surface area contributed by atoms with Crippen LogP contribution in [0.15, 0.2) is 52.7 Å². The van der Waals surface area contributed by atoms with Crippen LogP contribution in [0.25, 0.3) is 10.2 Å². The van der Waals surface area contributed by atoms with Gasteiger partial charge in [-0.2, -0.15) is 0 Å². The Morgan fingerprint density at radius 3 is 2.67 bits per heavy atom. The van der Waals surface area contributed by atoms with E-state index in [-0.39, 0.29) is 6.61 Å². The molecular formula is C17H17ClN4OS. The molecule has 0 bridgehead atoms. The van der Waals surface area contributed by atoms with E-state index >= 15 is 0 Å². The number of likely N-dealkylation sites (N-methyl/N-ethyl adjacent to an activating group) is 1. The first-order valence-corrected chi connectivity index (χ1v) is 8.82. The molecule has 0 unspecified atom stereocenters. The number of fused-ring (bicyclic) bond motifs is 1. The number of benzene rings is 2. The molecule has 0 fully saturated rings. The summed E-state index contributed by atoms with van der Waals surface area (Å²) in [5.74, 6) is 0. The van der Waals surface area contributed by atoms with Crippen LogP contribution in [-0.2, 0) is 0 Å². The molecule has 1 aromatic heterocycles. The van der Waals surface area contributed by atoms with Crippen LogP contribution in [0.4, 0.5) is 16.5 Å². The lowest BCUT2D eigenvalue weighted by Crippen LogP contribution is -2.25. The number of thiazole rings is 1. The molecule has 0 aliphatic heterocycles. The van der Waals surface area contributed by atoms with E-state index in [0.717, 1.165) is 28.1 Å². The van der Waals surface area contributed by atoms with Gasteiger partial charge in [-0.25, -0.2) is 4.98 Å². The summed E-state index contributed by atoms with van der Waals surface area (Å²) >= 11 is 7.44. The highest BCUT2D eigenvalue weighted by molar-refractivity contribution is 7.21. The van der Waals surface area contributed by atoms with Crippen molar-refractivity contribution in [3.8, 4) is 0 Å². The van der Waals surface area contributed by atoms with Crippen molar-refractivity contribution < 1.29 is 5.11 Å². The highest BCUT2D eigenvalue weighted by Gasteiger charge is 2.05. The van der Waals surface area contributed by atoms with E-state index in [4.69, 9.17) is 16.7 Å². The van der Waals surface area contributed by atoms with Crippen molar-refractivity contribution in [3.05, 3.63) is 47.5 Å². The first-order valence-electron chi connectivity index (χ1n) is 7.63. The summed E-state index contributed by atoms with van der Waals surface area (Å²) in [5, 5.41) is 18.8. The summed E-state index contributed by atoms with van der Waals surface area (Å²) in [4.78, 5) is 6.51. The van der Waals surface area contributed by atoms with Gasteiger partial charge < -0.3 is 10.0 Å². The molecule has 0 amide bonds. The predicted molar refractivity (Wildman–Crippen MR) is 100 cm³/mol. The lowest BCUT2D eigenvalue weighted by molar-refractivity contribution is 0.302. The summed E-state index contributed by atoms with van der Waals surface area (Å²) in [6.45, 7) is 3.65. The first-order chi connectivity index (χ1) is 11.7. The second kappa shape index (κ2) is 7.70. The predicted octanol–water partition coefficient (Wildman–Crippen LogP) is 5.18. The van der Waals surface area contributed by atoms with Crippen LogP contribution in [0, 0.1) is 0 Å². The van der Waals surface area contributed by atoms with Gasteiger partial charge in [-0.1, -0.05) is 22.9 Å². The zero-order chi connectivity index (χ0) is 16.9. The van der Waals surface area contributed by atoms with E-state index in [2.05, 4.69) is 27.0 Å². The van der Waals surface area contributed by atoms with Gasteiger partial charge in [0.25, 0.3) is 0 Å². The van der Waals surface area contributed by atoms with Crippen LogP contribution < -0.4 is 4.90 Å². The van der Waals surface area contributed by atoms with E-state index < -0.39 is 0 Å². The number of hydrogen-bond donors (Lipinski definition) is 1. The lowest BCUT2D eigenvalue weighted by atomic mass is 10.2. The van der Waals surface area contributed by atoms with Gasteiger partial charge in [0.1, 0.15) is 0 Å². The van der Waals surface area contributed by atoms with E-state index in [1.165, 1.54) is 11.3 Å². The molecule has 3 aromatic rings. The molecule has 1 heterocycles. The molecule has 0 atom stereocenters. The summed E-state index contributed by atoms with van der Waals surface area (Å²) in [5.41, 5.74) is 2.69. The maximum atomic E-state index is 9.08. The molecule has 124 valence electrons. The van der Waals surface area contributed by atoms with E-state index in [0.29, 0.717) is 16.7 Å². The first kappa shape index (κ1) is 16.8. The van der Waals surface area contributed by atoms with Crippen molar-refractivity contribution in [2.24, 2.45) is 10.2 Å². The second-order valence-electron chi connectivity index (χ2n) is 5.13. The molecule has 1 N–H and O–H groups in total. The molecule has 5 nitrogen and oxygen atoms in total. The Kier molecular flexibility index (Phi) is 5.40. The Hall–Kier alpha value is -2.02. The Morgan fingerprint density at radius 1 is 1.17 bits per heavy atom. The van der Waals surface area contributed by atoms with E-state index in [9.17, 15) is 0 Å². The summed E-state index contributed by atoms with van der Waals surface area (Å²) < 4.78 is 0.995. The Balaban J connectivity index is 1.75. The Bertz CT molecular complexity index is 847. The number of aromatic nitrogens is 1. The normalized spacial score (nSPS) is 11.5. The minimum absolute atomic E-state index is 0.136. The quantitative estimate of drug-likeness (QED) is 0.616. The molecule has 3 rings (SSSR count). The average Bonchev–Trinajstić information content (AvgIpc) is 3.00. The molecule has 2 aromatic carbocycles. The van der Waals surface area contributed by atoms with Gasteiger partial charge in [0, 0.05) is 23.8 Å². The molecule has 0 aliphatic rings. The number of nitrogens with zero attached hydrogens (tertiary/aromatic N) is 4. The van der Waals surface area contributed by atoms with Gasteiger partial charge in [0.15, 0.2) is 0 Å². The summed E-state index contributed by atoms with van der Waals surface area (Å²) in [6.07, 6.45) is 0. The average molecular weight is 361 g/mol. The topological polar surface area (TPSA) is 61.1 Å². The van der Waals surface area contributed by atoms with E-state index in [1.807, 2.05) is 42.5 Å². The number of rotatable bonds is 6. The zero-order valence-corrected chi connectivity index (χ0v) is 14.8. The van der Waals surface area contributed by atoms with Gasteiger partial charge >= 0.3 is 0 Å². The van der Waals surface area contributed by atoms with Gasteiger partial charge in [-0.05, 0) is 49.4 Å². The van der Waals surface area contributed by atoms with Gasteiger partial charge in [-0.15, -0.1) is 10.2 Å². The smallest absolute Gasteiger partial charge is 0.231 e. The summed E-state index contributed by atoms with van der Waals surface area (Å²) in [7, 11) is 0. The molecule has 7 heteroatoms. The van der Waals surface area contributed by atoms with Gasteiger partial charge in [0.2, 0.25) is 5.13 Å². The number of halogens is 1. The molecular weight excluding hydrogens is 344 g/mol. The minimum atomic E-state index is 0.136. The third-order valence-corrected chi connectivity index (χ3v) is 4.69. The van der Waals surface area contributed by atoms with Crippen LogP contribution in [0.1, 0.15) is 6.92 Å². The maximum Gasteiger partial charge on any atom is 0.231 e. The van der Waals surface area contributed by atoms with Crippen molar-refractivity contribution in [2.45, 2.75) is 6.92 Å². The largest absolute Gasteiger partial charge is 0.395 e. The number of anilines is 1. The van der Waals surface area contributed by atoms with Crippen molar-refractivity contribution in [1.29, 1.82) is 0 Å². The molecule has 0 aliphatic carbocycles. The molecule has 0 radical (unpaired) electrons. The van der Waals surface area contributed by atoms with Gasteiger partial charge in [0.05, 0.1) is 22.5 Å². The third kappa shape index (κ3) is 3.90. The monoisotopic (exact) mass is 360 g/mol. The minimum Gasteiger partial charge on any atom is -0.395 e. The molecule has 0 saturated carbocycles. The highest BCUT2D eigenvalue weighted by atomic mass is 35.5. The summed E-state index contributed by atoms with van der Waals surface area (Å²) in [6, 6.07) is 13.3. The van der Waals surface area contributed by atoms with Crippen LogP contribution in [0.2, 0.25) is 5.02 Å². The zero-order valence-electron chi connectivity index (χ0n) is 13.2. The number of aliphatic hydroxyl groups excluding tert-OH is 1. The fourth-order valence-electron chi connectivity index (χ4n) is 2.35. The van der Waals surface area contributed by atoms with Gasteiger partial charge in [-0.3, -0.25) is 0 Å². The highest BCUT2D eigenvalue weighted by Crippen LogP contribution is 2.31. The third-order valence-electron chi connectivity index (χ3n) is 3.56.